The number of thiophene rings is 1. The number of carbonyl (C=O) groups excluding carboxylic acids is 1. The fraction of sp³-hybridized carbons (Fsp3) is 0.222. The Labute approximate surface area is 149 Å². The van der Waals surface area contributed by atoms with Crippen molar-refractivity contribution in [1.82, 2.24) is 10.3 Å². The highest BCUT2D eigenvalue weighted by atomic mass is 32.1. The quantitative estimate of drug-likeness (QED) is 0.605. The molecular formula is C18H18N2O2S2. The van der Waals surface area contributed by atoms with E-state index in [4.69, 9.17) is 4.74 Å². The molecule has 2 heterocycles. The predicted octanol–water partition coefficient (Wildman–Crippen LogP) is 4.46. The number of unbranched alkanes of at least 4 members (excludes halogenated alkanes) is 1. The first kappa shape index (κ1) is 16.7. The van der Waals surface area contributed by atoms with Crippen LogP contribution in [-0.2, 0) is 0 Å². The number of aromatic nitrogens is 1. The minimum absolute atomic E-state index is 0.113. The van der Waals surface area contributed by atoms with Gasteiger partial charge in [-0.3, -0.25) is 4.79 Å². The van der Waals surface area contributed by atoms with Crippen molar-refractivity contribution < 1.29 is 9.53 Å². The number of hydrogen-bond donors (Lipinski definition) is 1. The molecule has 0 spiro atoms. The SMILES string of the molecule is O=C(NCCCCOc1ccccc1)c1csc(-c2cccs2)n1. The summed E-state index contributed by atoms with van der Waals surface area (Å²) in [5, 5.41) is 7.62. The van der Waals surface area contributed by atoms with Crippen LogP contribution in [0.5, 0.6) is 5.75 Å². The Balaban J connectivity index is 1.35. The molecule has 1 N–H and O–H groups in total. The van der Waals surface area contributed by atoms with Crippen molar-refractivity contribution in [1.29, 1.82) is 0 Å². The fourth-order valence-electron chi connectivity index (χ4n) is 2.12. The Morgan fingerprint density at radius 2 is 1.96 bits per heavy atom. The molecule has 0 saturated heterocycles. The lowest BCUT2D eigenvalue weighted by Gasteiger charge is -2.06. The van der Waals surface area contributed by atoms with E-state index in [0.29, 0.717) is 18.8 Å². The first-order chi connectivity index (χ1) is 11.8. The summed E-state index contributed by atoms with van der Waals surface area (Å²) >= 11 is 3.13. The van der Waals surface area contributed by atoms with Crippen LogP contribution < -0.4 is 10.1 Å². The van der Waals surface area contributed by atoms with Crippen LogP contribution in [0.4, 0.5) is 0 Å². The van der Waals surface area contributed by atoms with Gasteiger partial charge < -0.3 is 10.1 Å². The minimum atomic E-state index is -0.113. The van der Waals surface area contributed by atoms with Gasteiger partial charge in [-0.05, 0) is 36.4 Å². The lowest BCUT2D eigenvalue weighted by Crippen LogP contribution is -2.25. The summed E-state index contributed by atoms with van der Waals surface area (Å²) in [6.07, 6.45) is 1.77. The van der Waals surface area contributed by atoms with Gasteiger partial charge in [-0.1, -0.05) is 24.3 Å². The van der Waals surface area contributed by atoms with Crippen LogP contribution >= 0.6 is 22.7 Å². The Bertz CT molecular complexity index is 754. The molecule has 0 aliphatic carbocycles. The second-order valence-electron chi connectivity index (χ2n) is 5.14. The number of amides is 1. The first-order valence-corrected chi connectivity index (χ1v) is 9.54. The fourth-order valence-corrected chi connectivity index (χ4v) is 3.73. The summed E-state index contributed by atoms with van der Waals surface area (Å²) in [7, 11) is 0. The largest absolute Gasteiger partial charge is 0.494 e. The summed E-state index contributed by atoms with van der Waals surface area (Å²) in [6, 6.07) is 13.7. The second kappa shape index (κ2) is 8.61. The van der Waals surface area contributed by atoms with Crippen molar-refractivity contribution in [2.24, 2.45) is 0 Å². The summed E-state index contributed by atoms with van der Waals surface area (Å²) in [5.41, 5.74) is 0.490. The number of carbonyl (C=O) groups is 1. The standard InChI is InChI=1S/C18H18N2O2S2/c21-17(15-13-24-18(20-15)16-9-6-12-23-16)19-10-4-5-11-22-14-7-2-1-3-8-14/h1-3,6-9,12-13H,4-5,10-11H2,(H,19,21). The van der Waals surface area contributed by atoms with Crippen LogP contribution in [0.15, 0.2) is 53.2 Å². The maximum absolute atomic E-state index is 12.1. The van der Waals surface area contributed by atoms with Gasteiger partial charge in [0.25, 0.3) is 5.91 Å². The van der Waals surface area contributed by atoms with Crippen molar-refractivity contribution in [2.75, 3.05) is 13.2 Å². The maximum Gasteiger partial charge on any atom is 0.270 e. The van der Waals surface area contributed by atoms with Gasteiger partial charge in [-0.15, -0.1) is 22.7 Å². The van der Waals surface area contributed by atoms with Crippen LogP contribution in [0.3, 0.4) is 0 Å². The zero-order chi connectivity index (χ0) is 16.6. The molecule has 1 aromatic carbocycles. The van der Waals surface area contributed by atoms with E-state index in [1.807, 2.05) is 53.2 Å². The zero-order valence-corrected chi connectivity index (χ0v) is 14.7. The van der Waals surface area contributed by atoms with Gasteiger partial charge in [-0.2, -0.15) is 0 Å². The van der Waals surface area contributed by atoms with Crippen molar-refractivity contribution in [3.8, 4) is 15.6 Å². The van der Waals surface area contributed by atoms with Gasteiger partial charge >= 0.3 is 0 Å². The molecule has 0 saturated carbocycles. The molecule has 0 fully saturated rings. The third kappa shape index (κ3) is 4.66. The molecule has 124 valence electrons. The van der Waals surface area contributed by atoms with E-state index in [0.717, 1.165) is 28.5 Å². The van der Waals surface area contributed by atoms with Crippen molar-refractivity contribution in [3.05, 3.63) is 58.9 Å². The normalized spacial score (nSPS) is 10.5. The molecule has 0 aliphatic heterocycles. The van der Waals surface area contributed by atoms with E-state index in [1.54, 1.807) is 11.3 Å². The second-order valence-corrected chi connectivity index (χ2v) is 6.95. The highest BCUT2D eigenvalue weighted by Gasteiger charge is 2.11. The Kier molecular flexibility index (Phi) is 5.98. The smallest absolute Gasteiger partial charge is 0.270 e. The zero-order valence-electron chi connectivity index (χ0n) is 13.1. The van der Waals surface area contributed by atoms with Crippen molar-refractivity contribution in [2.45, 2.75) is 12.8 Å². The first-order valence-electron chi connectivity index (χ1n) is 7.78. The lowest BCUT2D eigenvalue weighted by molar-refractivity contribution is 0.0948. The molecule has 6 heteroatoms. The number of hydrogen-bond acceptors (Lipinski definition) is 5. The van der Waals surface area contributed by atoms with E-state index in [-0.39, 0.29) is 5.91 Å². The third-order valence-corrected chi connectivity index (χ3v) is 5.22. The van der Waals surface area contributed by atoms with Crippen LogP contribution in [0.2, 0.25) is 0 Å². The van der Waals surface area contributed by atoms with E-state index in [9.17, 15) is 4.79 Å². The molecule has 0 radical (unpaired) electrons. The topological polar surface area (TPSA) is 51.2 Å². The number of ether oxygens (including phenoxy) is 1. The molecule has 0 bridgehead atoms. The summed E-state index contributed by atoms with van der Waals surface area (Å²) < 4.78 is 5.62. The molecular weight excluding hydrogens is 340 g/mol. The van der Waals surface area contributed by atoms with E-state index < -0.39 is 0 Å². The molecule has 2 aromatic heterocycles. The maximum atomic E-state index is 12.1. The number of nitrogens with zero attached hydrogens (tertiary/aromatic N) is 1. The Morgan fingerprint density at radius 3 is 2.75 bits per heavy atom. The van der Waals surface area contributed by atoms with Crippen molar-refractivity contribution >= 4 is 28.6 Å². The molecule has 3 rings (SSSR count). The number of benzene rings is 1. The van der Waals surface area contributed by atoms with Gasteiger partial charge in [0.2, 0.25) is 0 Å². The Hall–Kier alpha value is -2.18. The predicted molar refractivity (Wildman–Crippen MR) is 98.9 cm³/mol. The third-order valence-electron chi connectivity index (χ3n) is 3.34. The Morgan fingerprint density at radius 1 is 1.08 bits per heavy atom. The summed E-state index contributed by atoms with van der Waals surface area (Å²) in [4.78, 5) is 17.6. The number of nitrogens with one attached hydrogen (secondary N) is 1. The van der Waals surface area contributed by atoms with Gasteiger partial charge in [0.05, 0.1) is 11.5 Å². The number of para-hydroxylation sites is 1. The molecule has 1 amide bonds. The van der Waals surface area contributed by atoms with Gasteiger partial charge in [0, 0.05) is 11.9 Å². The van der Waals surface area contributed by atoms with E-state index in [2.05, 4.69) is 10.3 Å². The van der Waals surface area contributed by atoms with Gasteiger partial charge in [-0.25, -0.2) is 4.98 Å². The molecule has 0 unspecified atom stereocenters. The van der Waals surface area contributed by atoms with E-state index >= 15 is 0 Å². The lowest BCUT2D eigenvalue weighted by atomic mass is 10.3. The van der Waals surface area contributed by atoms with Crippen molar-refractivity contribution in [3.63, 3.8) is 0 Å². The van der Waals surface area contributed by atoms with Crippen LogP contribution in [0.1, 0.15) is 23.3 Å². The van der Waals surface area contributed by atoms with Crippen LogP contribution in [-0.4, -0.2) is 24.0 Å². The summed E-state index contributed by atoms with van der Waals surface area (Å²) in [5.74, 6) is 0.767. The highest BCUT2D eigenvalue weighted by molar-refractivity contribution is 7.20. The van der Waals surface area contributed by atoms with Crippen LogP contribution in [0, 0.1) is 0 Å². The monoisotopic (exact) mass is 358 g/mol. The molecule has 4 nitrogen and oxygen atoms in total. The summed E-state index contributed by atoms with van der Waals surface area (Å²) in [6.45, 7) is 1.28. The highest BCUT2D eigenvalue weighted by Crippen LogP contribution is 2.27. The molecule has 24 heavy (non-hydrogen) atoms. The average molecular weight is 358 g/mol. The van der Waals surface area contributed by atoms with Gasteiger partial charge in [0.15, 0.2) is 0 Å². The number of thiazole rings is 1. The molecule has 0 atom stereocenters. The average Bonchev–Trinajstić information content (AvgIpc) is 3.29. The molecule has 3 aromatic rings. The number of rotatable bonds is 8. The van der Waals surface area contributed by atoms with Gasteiger partial charge in [0.1, 0.15) is 16.5 Å². The minimum Gasteiger partial charge on any atom is -0.494 e. The van der Waals surface area contributed by atoms with Crippen LogP contribution in [0.25, 0.3) is 9.88 Å². The molecule has 0 aliphatic rings. The van der Waals surface area contributed by atoms with E-state index in [1.165, 1.54) is 11.3 Å².